The summed E-state index contributed by atoms with van der Waals surface area (Å²) >= 11 is 0. The third-order valence-electron chi connectivity index (χ3n) is 6.31. The lowest BCUT2D eigenvalue weighted by Gasteiger charge is -2.23. The molecule has 6 heteroatoms. The van der Waals surface area contributed by atoms with Crippen LogP contribution in [0.3, 0.4) is 0 Å². The fraction of sp³-hybridized carbons (Fsp3) is 0.320. The number of benzene rings is 2. The highest BCUT2D eigenvalue weighted by Gasteiger charge is 2.30. The van der Waals surface area contributed by atoms with E-state index in [4.69, 9.17) is 5.26 Å². The monoisotopic (exact) mass is 412 g/mol. The molecule has 3 aliphatic heterocycles. The number of nitriles is 1. The van der Waals surface area contributed by atoms with Gasteiger partial charge in [-0.2, -0.15) is 5.26 Å². The van der Waals surface area contributed by atoms with Crippen LogP contribution >= 0.6 is 0 Å². The van der Waals surface area contributed by atoms with Crippen molar-refractivity contribution in [1.82, 2.24) is 21.3 Å². The average molecular weight is 413 g/mol. The Balaban J connectivity index is 1.56. The van der Waals surface area contributed by atoms with E-state index in [1.165, 1.54) is 28.0 Å². The van der Waals surface area contributed by atoms with Crippen molar-refractivity contribution in [3.63, 3.8) is 0 Å². The van der Waals surface area contributed by atoms with E-state index in [1.807, 2.05) is 12.1 Å². The molecule has 1 unspecified atom stereocenters. The molecule has 1 atom stereocenters. The van der Waals surface area contributed by atoms with Gasteiger partial charge in [-0.1, -0.05) is 30.3 Å². The summed E-state index contributed by atoms with van der Waals surface area (Å²) in [5.74, 6) is 0. The number of rotatable bonds is 4. The fourth-order valence-corrected chi connectivity index (χ4v) is 4.76. The van der Waals surface area contributed by atoms with Crippen LogP contribution in [0, 0.1) is 11.3 Å². The SMILES string of the molecule is CC1=C2c3ccc(C4=CCNCC4)cc3C(Nc3cccc(CC#N)c3)CCN2NN1. The molecule has 158 valence electrons. The van der Waals surface area contributed by atoms with E-state index in [2.05, 4.69) is 76.0 Å². The predicted molar refractivity (Wildman–Crippen MR) is 124 cm³/mol. The molecule has 4 N–H and O–H groups in total. The van der Waals surface area contributed by atoms with Gasteiger partial charge in [-0.15, -0.1) is 5.53 Å². The van der Waals surface area contributed by atoms with Gasteiger partial charge in [0.2, 0.25) is 0 Å². The first kappa shape index (κ1) is 19.7. The zero-order chi connectivity index (χ0) is 21.2. The first-order valence-corrected chi connectivity index (χ1v) is 11.0. The molecule has 2 aromatic carbocycles. The number of hydrogen-bond donors (Lipinski definition) is 4. The summed E-state index contributed by atoms with van der Waals surface area (Å²) in [6.45, 7) is 4.98. The number of anilines is 1. The van der Waals surface area contributed by atoms with Crippen LogP contribution in [0.1, 0.15) is 48.1 Å². The van der Waals surface area contributed by atoms with Crippen LogP contribution < -0.4 is 21.6 Å². The molecule has 0 saturated heterocycles. The Morgan fingerprint density at radius 3 is 3.00 bits per heavy atom. The number of fused-ring (bicyclic) bond motifs is 3. The van der Waals surface area contributed by atoms with Gasteiger partial charge in [0, 0.05) is 24.3 Å². The maximum atomic E-state index is 9.07. The minimum absolute atomic E-state index is 0.183. The van der Waals surface area contributed by atoms with Gasteiger partial charge >= 0.3 is 0 Å². The van der Waals surface area contributed by atoms with Crippen LogP contribution in [-0.2, 0) is 6.42 Å². The molecule has 0 radical (unpaired) electrons. The topological polar surface area (TPSA) is 75.1 Å². The van der Waals surface area contributed by atoms with E-state index < -0.39 is 0 Å². The third-order valence-corrected chi connectivity index (χ3v) is 6.31. The molecule has 6 nitrogen and oxygen atoms in total. The van der Waals surface area contributed by atoms with E-state index >= 15 is 0 Å². The Hall–Kier alpha value is -3.27. The van der Waals surface area contributed by atoms with Crippen LogP contribution in [0.25, 0.3) is 11.3 Å². The van der Waals surface area contributed by atoms with E-state index in [9.17, 15) is 0 Å². The maximum absolute atomic E-state index is 9.07. The van der Waals surface area contributed by atoms with Gasteiger partial charge in [-0.3, -0.25) is 5.01 Å². The van der Waals surface area contributed by atoms with E-state index in [0.29, 0.717) is 6.42 Å². The average Bonchev–Trinajstić information content (AvgIpc) is 3.09. The normalized spacial score (nSPS) is 20.2. The van der Waals surface area contributed by atoms with Crippen LogP contribution in [0.4, 0.5) is 5.69 Å². The van der Waals surface area contributed by atoms with Crippen LogP contribution in [0.2, 0.25) is 0 Å². The lowest BCUT2D eigenvalue weighted by molar-refractivity contribution is 0.281. The van der Waals surface area contributed by atoms with Gasteiger partial charge in [0.25, 0.3) is 0 Å². The largest absolute Gasteiger partial charge is 0.378 e. The molecular formula is C25H28N6. The molecule has 0 amide bonds. The zero-order valence-corrected chi connectivity index (χ0v) is 17.8. The minimum atomic E-state index is 0.183. The number of nitrogens with zero attached hydrogens (tertiary/aromatic N) is 2. The lowest BCUT2D eigenvalue weighted by atomic mass is 9.91. The van der Waals surface area contributed by atoms with E-state index in [-0.39, 0.29) is 6.04 Å². The highest BCUT2D eigenvalue weighted by Crippen LogP contribution is 2.38. The third kappa shape index (κ3) is 3.90. The van der Waals surface area contributed by atoms with Crippen LogP contribution in [0.15, 0.2) is 54.2 Å². The van der Waals surface area contributed by atoms with E-state index in [1.54, 1.807) is 0 Å². The number of allylic oxidation sites excluding steroid dienone is 1. The molecular weight excluding hydrogens is 384 g/mol. The molecule has 0 aliphatic carbocycles. The Kier molecular flexibility index (Phi) is 5.37. The second-order valence-electron chi connectivity index (χ2n) is 8.37. The van der Waals surface area contributed by atoms with Crippen molar-refractivity contribution in [1.29, 1.82) is 5.26 Å². The summed E-state index contributed by atoms with van der Waals surface area (Å²) in [5.41, 5.74) is 16.4. The summed E-state index contributed by atoms with van der Waals surface area (Å²) < 4.78 is 0. The van der Waals surface area contributed by atoms with Crippen molar-refractivity contribution in [2.24, 2.45) is 0 Å². The Morgan fingerprint density at radius 1 is 1.23 bits per heavy atom. The van der Waals surface area contributed by atoms with Gasteiger partial charge in [0.1, 0.15) is 0 Å². The molecule has 2 aromatic rings. The van der Waals surface area contributed by atoms with Gasteiger partial charge < -0.3 is 16.1 Å². The molecule has 0 saturated carbocycles. The molecule has 3 aliphatic rings. The quantitative estimate of drug-likeness (QED) is 0.614. The molecule has 0 aromatic heterocycles. The van der Waals surface area contributed by atoms with Gasteiger partial charge in [0.05, 0.1) is 29.9 Å². The first-order chi connectivity index (χ1) is 15.2. The Morgan fingerprint density at radius 2 is 2.16 bits per heavy atom. The molecule has 5 rings (SSSR count). The highest BCUT2D eigenvalue weighted by atomic mass is 15.7. The molecule has 0 fully saturated rings. The second kappa shape index (κ2) is 8.46. The fourth-order valence-electron chi connectivity index (χ4n) is 4.76. The second-order valence-corrected chi connectivity index (χ2v) is 8.37. The Bertz CT molecular complexity index is 1090. The van der Waals surface area contributed by atoms with Crippen LogP contribution in [0.5, 0.6) is 0 Å². The smallest absolute Gasteiger partial charge is 0.0814 e. The zero-order valence-electron chi connectivity index (χ0n) is 17.8. The molecule has 3 heterocycles. The Labute approximate surface area is 183 Å². The summed E-state index contributed by atoms with van der Waals surface area (Å²) in [4.78, 5) is 0. The predicted octanol–water partition coefficient (Wildman–Crippen LogP) is 3.70. The van der Waals surface area contributed by atoms with Crippen molar-refractivity contribution in [3.8, 4) is 6.07 Å². The lowest BCUT2D eigenvalue weighted by Crippen LogP contribution is -2.37. The number of hydrogen-bond acceptors (Lipinski definition) is 6. The van der Waals surface area contributed by atoms with Crippen molar-refractivity contribution in [2.75, 3.05) is 25.0 Å². The van der Waals surface area contributed by atoms with Gasteiger partial charge in [0.15, 0.2) is 0 Å². The molecule has 0 bridgehead atoms. The summed E-state index contributed by atoms with van der Waals surface area (Å²) in [5, 5.41) is 18.5. The highest BCUT2D eigenvalue weighted by molar-refractivity contribution is 5.76. The summed E-state index contributed by atoms with van der Waals surface area (Å²) in [6.07, 6.45) is 4.76. The number of hydrazine groups is 2. The maximum Gasteiger partial charge on any atom is 0.0814 e. The minimum Gasteiger partial charge on any atom is -0.378 e. The van der Waals surface area contributed by atoms with Gasteiger partial charge in [-0.25, -0.2) is 0 Å². The van der Waals surface area contributed by atoms with Crippen LogP contribution in [-0.4, -0.2) is 24.6 Å². The summed E-state index contributed by atoms with van der Waals surface area (Å²) in [6, 6.07) is 17.6. The van der Waals surface area contributed by atoms with Crippen molar-refractivity contribution in [2.45, 2.75) is 32.2 Å². The standard InChI is InChI=1S/C25H28N6/c1-17-25-22-6-5-20(19-8-12-27-13-9-19)16-23(22)24(10-14-31(25)30-29-17)28-21-4-2-3-18(15-21)7-11-26/h2-6,8,15-16,24,27-30H,7,9-10,12-14H2,1H3. The first-order valence-electron chi connectivity index (χ1n) is 11.0. The molecule has 0 spiro atoms. The van der Waals surface area contributed by atoms with Gasteiger partial charge in [-0.05, 0) is 66.8 Å². The van der Waals surface area contributed by atoms with E-state index in [0.717, 1.165) is 49.4 Å². The van der Waals surface area contributed by atoms with Crippen molar-refractivity contribution < 1.29 is 0 Å². The van der Waals surface area contributed by atoms with Crippen molar-refractivity contribution >= 4 is 17.0 Å². The molecule has 31 heavy (non-hydrogen) atoms. The number of nitrogens with one attached hydrogen (secondary N) is 4. The summed E-state index contributed by atoms with van der Waals surface area (Å²) in [7, 11) is 0. The van der Waals surface area contributed by atoms with Crippen molar-refractivity contribution in [3.05, 3.63) is 76.5 Å².